The fourth-order valence-corrected chi connectivity index (χ4v) is 2.72. The molecule has 0 radical (unpaired) electrons. The van der Waals surface area contributed by atoms with Crippen LogP contribution in [0.5, 0.6) is 0 Å². The molecule has 0 amide bonds. The highest BCUT2D eigenvalue weighted by Gasteiger charge is 2.05. The first-order chi connectivity index (χ1) is 8.33. The number of fused-ring (bicyclic) bond motifs is 1. The lowest BCUT2D eigenvalue weighted by Crippen LogP contribution is -1.74. The molecule has 17 heavy (non-hydrogen) atoms. The molecule has 1 N–H and O–H groups in total. The van der Waals surface area contributed by atoms with Crippen LogP contribution in [0.2, 0.25) is 0 Å². The first-order valence-corrected chi connectivity index (χ1v) is 6.14. The normalized spacial score (nSPS) is 10.9. The van der Waals surface area contributed by atoms with E-state index in [0.29, 0.717) is 0 Å². The Morgan fingerprint density at radius 1 is 1.00 bits per heavy atom. The van der Waals surface area contributed by atoms with Crippen molar-refractivity contribution in [2.75, 3.05) is 0 Å². The number of hydrogen-bond donors (Lipinski definition) is 1. The van der Waals surface area contributed by atoms with Crippen molar-refractivity contribution < 1.29 is 4.39 Å². The first kappa shape index (κ1) is 10.4. The Balaban J connectivity index is 2.01. The van der Waals surface area contributed by atoms with Gasteiger partial charge in [0.05, 0.1) is 0 Å². The predicted octanol–water partition coefficient (Wildman–Crippen LogP) is 4.46. The van der Waals surface area contributed by atoms with E-state index in [4.69, 9.17) is 0 Å². The molecule has 0 aliphatic heterocycles. The van der Waals surface area contributed by atoms with Crippen LogP contribution in [0.25, 0.3) is 10.9 Å². The zero-order valence-corrected chi connectivity index (χ0v) is 9.80. The van der Waals surface area contributed by atoms with Gasteiger partial charge in [-0.15, -0.1) is 0 Å². The Kier molecular flexibility index (Phi) is 2.61. The second kappa shape index (κ2) is 4.26. The average Bonchev–Trinajstić information content (AvgIpc) is 2.73. The van der Waals surface area contributed by atoms with Gasteiger partial charge in [0.2, 0.25) is 0 Å². The molecule has 0 aliphatic rings. The minimum Gasteiger partial charge on any atom is -0.360 e. The van der Waals surface area contributed by atoms with Gasteiger partial charge in [-0.25, -0.2) is 4.39 Å². The lowest BCUT2D eigenvalue weighted by Gasteiger charge is -1.99. The van der Waals surface area contributed by atoms with Gasteiger partial charge in [0.25, 0.3) is 0 Å². The van der Waals surface area contributed by atoms with Gasteiger partial charge in [0.15, 0.2) is 0 Å². The van der Waals surface area contributed by atoms with Gasteiger partial charge in [0.1, 0.15) is 5.82 Å². The van der Waals surface area contributed by atoms with Crippen LogP contribution in [-0.4, -0.2) is 4.98 Å². The molecule has 0 spiro atoms. The van der Waals surface area contributed by atoms with Crippen molar-refractivity contribution in [1.29, 1.82) is 0 Å². The lowest BCUT2D eigenvalue weighted by molar-refractivity contribution is 0.629. The van der Waals surface area contributed by atoms with Crippen molar-refractivity contribution >= 4 is 22.7 Å². The SMILES string of the molecule is Fc1ccc2c(Sc3ccccc3)c[nH]c2c1. The molecule has 0 fully saturated rings. The third-order valence-corrected chi connectivity index (χ3v) is 3.64. The minimum atomic E-state index is -0.212. The Labute approximate surface area is 103 Å². The van der Waals surface area contributed by atoms with Crippen molar-refractivity contribution in [3.05, 3.63) is 60.5 Å². The van der Waals surface area contributed by atoms with Gasteiger partial charge in [-0.3, -0.25) is 0 Å². The van der Waals surface area contributed by atoms with Gasteiger partial charge in [0, 0.05) is 26.9 Å². The van der Waals surface area contributed by atoms with E-state index in [-0.39, 0.29) is 5.82 Å². The minimum absolute atomic E-state index is 0.212. The van der Waals surface area contributed by atoms with Crippen LogP contribution in [0.3, 0.4) is 0 Å². The van der Waals surface area contributed by atoms with E-state index < -0.39 is 0 Å². The van der Waals surface area contributed by atoms with E-state index in [9.17, 15) is 4.39 Å². The van der Waals surface area contributed by atoms with E-state index in [1.165, 1.54) is 17.0 Å². The molecule has 2 aromatic carbocycles. The van der Waals surface area contributed by atoms with Crippen LogP contribution in [0.1, 0.15) is 0 Å². The molecule has 3 rings (SSSR count). The van der Waals surface area contributed by atoms with E-state index in [1.807, 2.05) is 30.5 Å². The molecule has 0 saturated heterocycles. The lowest BCUT2D eigenvalue weighted by atomic mass is 10.2. The number of aromatic nitrogens is 1. The maximum atomic E-state index is 13.0. The standard InChI is InChI=1S/C14H10FNS/c15-10-6-7-12-13(8-10)16-9-14(12)17-11-4-2-1-3-5-11/h1-9,16H. The van der Waals surface area contributed by atoms with Crippen LogP contribution in [0, 0.1) is 5.82 Å². The Morgan fingerprint density at radius 2 is 1.82 bits per heavy atom. The number of rotatable bonds is 2. The van der Waals surface area contributed by atoms with Gasteiger partial charge in [-0.05, 0) is 30.3 Å². The second-order valence-electron chi connectivity index (χ2n) is 3.76. The molecule has 0 unspecified atom stereocenters. The van der Waals surface area contributed by atoms with Gasteiger partial charge < -0.3 is 4.98 Å². The van der Waals surface area contributed by atoms with E-state index >= 15 is 0 Å². The average molecular weight is 243 g/mol. The van der Waals surface area contributed by atoms with Gasteiger partial charge in [-0.2, -0.15) is 0 Å². The summed E-state index contributed by atoms with van der Waals surface area (Å²) in [5.74, 6) is -0.212. The molecule has 0 bridgehead atoms. The number of nitrogens with one attached hydrogen (secondary N) is 1. The molecule has 84 valence electrons. The summed E-state index contributed by atoms with van der Waals surface area (Å²) in [4.78, 5) is 5.38. The maximum Gasteiger partial charge on any atom is 0.125 e. The molecule has 1 heterocycles. The Morgan fingerprint density at radius 3 is 2.65 bits per heavy atom. The van der Waals surface area contributed by atoms with Crippen molar-refractivity contribution in [2.24, 2.45) is 0 Å². The molecule has 3 aromatic rings. The van der Waals surface area contributed by atoms with Crippen LogP contribution in [0.4, 0.5) is 4.39 Å². The van der Waals surface area contributed by atoms with Gasteiger partial charge in [-0.1, -0.05) is 30.0 Å². The summed E-state index contributed by atoms with van der Waals surface area (Å²) in [6.07, 6.45) is 1.92. The molecule has 0 atom stereocenters. The zero-order chi connectivity index (χ0) is 11.7. The van der Waals surface area contributed by atoms with Gasteiger partial charge >= 0.3 is 0 Å². The summed E-state index contributed by atoms with van der Waals surface area (Å²) in [5.41, 5.74) is 0.837. The quantitative estimate of drug-likeness (QED) is 0.702. The van der Waals surface area contributed by atoms with Crippen LogP contribution >= 0.6 is 11.8 Å². The van der Waals surface area contributed by atoms with Crippen LogP contribution in [0.15, 0.2) is 64.5 Å². The summed E-state index contributed by atoms with van der Waals surface area (Å²) in [5, 5.41) is 1.06. The highest BCUT2D eigenvalue weighted by Crippen LogP contribution is 2.33. The third-order valence-electron chi connectivity index (χ3n) is 2.58. The summed E-state index contributed by atoms with van der Waals surface area (Å²) in [6.45, 7) is 0. The molecule has 0 aliphatic carbocycles. The number of hydrogen-bond acceptors (Lipinski definition) is 1. The van der Waals surface area contributed by atoms with E-state index in [1.54, 1.807) is 11.8 Å². The largest absolute Gasteiger partial charge is 0.360 e. The summed E-state index contributed by atoms with van der Waals surface area (Å²) >= 11 is 1.68. The Bertz CT molecular complexity index is 646. The highest BCUT2D eigenvalue weighted by molar-refractivity contribution is 7.99. The molecule has 1 aromatic heterocycles. The summed E-state index contributed by atoms with van der Waals surface area (Å²) < 4.78 is 13.0. The topological polar surface area (TPSA) is 15.8 Å². The first-order valence-electron chi connectivity index (χ1n) is 5.32. The Hall–Kier alpha value is -1.74. The number of H-pyrrole nitrogens is 1. The monoisotopic (exact) mass is 243 g/mol. The molecular weight excluding hydrogens is 233 g/mol. The number of aromatic amines is 1. The number of benzene rings is 2. The fourth-order valence-electron chi connectivity index (χ4n) is 1.77. The van der Waals surface area contributed by atoms with E-state index in [2.05, 4.69) is 17.1 Å². The third kappa shape index (κ3) is 2.06. The second-order valence-corrected chi connectivity index (χ2v) is 4.87. The predicted molar refractivity (Wildman–Crippen MR) is 68.8 cm³/mol. The molecule has 0 saturated carbocycles. The van der Waals surface area contributed by atoms with E-state index in [0.717, 1.165) is 15.8 Å². The fraction of sp³-hybridized carbons (Fsp3) is 0. The van der Waals surface area contributed by atoms with Crippen molar-refractivity contribution in [3.8, 4) is 0 Å². The molecular formula is C14H10FNS. The zero-order valence-electron chi connectivity index (χ0n) is 8.98. The van der Waals surface area contributed by atoms with Crippen LogP contribution in [-0.2, 0) is 0 Å². The highest BCUT2D eigenvalue weighted by atomic mass is 32.2. The van der Waals surface area contributed by atoms with Crippen molar-refractivity contribution in [1.82, 2.24) is 4.98 Å². The summed E-state index contributed by atoms with van der Waals surface area (Å²) in [6, 6.07) is 15.0. The number of halogens is 1. The molecule has 3 heteroatoms. The smallest absolute Gasteiger partial charge is 0.125 e. The van der Waals surface area contributed by atoms with Crippen molar-refractivity contribution in [2.45, 2.75) is 9.79 Å². The van der Waals surface area contributed by atoms with Crippen molar-refractivity contribution in [3.63, 3.8) is 0 Å². The summed E-state index contributed by atoms with van der Waals surface area (Å²) in [7, 11) is 0. The maximum absolute atomic E-state index is 13.0. The van der Waals surface area contributed by atoms with Crippen LogP contribution < -0.4 is 0 Å². The molecule has 1 nitrogen and oxygen atoms in total.